The zero-order valence-electron chi connectivity index (χ0n) is 12.7. The molecule has 2 fully saturated rings. The van der Waals surface area contributed by atoms with Gasteiger partial charge in [-0.1, -0.05) is 5.16 Å². The van der Waals surface area contributed by atoms with E-state index in [-0.39, 0.29) is 6.04 Å². The smallest absolute Gasteiger partial charge is 0.243 e. The first-order chi connectivity index (χ1) is 10.8. The van der Waals surface area contributed by atoms with Gasteiger partial charge in [-0.25, -0.2) is 4.98 Å². The van der Waals surface area contributed by atoms with Crippen molar-refractivity contribution < 1.29 is 4.52 Å². The Morgan fingerprint density at radius 1 is 1.18 bits per heavy atom. The Morgan fingerprint density at radius 2 is 2.00 bits per heavy atom. The van der Waals surface area contributed by atoms with Crippen LogP contribution in [0.2, 0.25) is 0 Å². The van der Waals surface area contributed by atoms with Crippen LogP contribution < -0.4 is 4.90 Å². The number of nitrogens with zero attached hydrogens (tertiary/aromatic N) is 6. The molecule has 1 aliphatic carbocycles. The molecule has 0 radical (unpaired) electrons. The summed E-state index contributed by atoms with van der Waals surface area (Å²) in [4.78, 5) is 17.7. The molecule has 0 bridgehead atoms. The number of rotatable bonds is 4. The van der Waals surface area contributed by atoms with Crippen molar-refractivity contribution in [1.82, 2.24) is 25.0 Å². The van der Waals surface area contributed by atoms with Crippen LogP contribution in [0.15, 0.2) is 23.1 Å². The first kappa shape index (κ1) is 13.6. The lowest BCUT2D eigenvalue weighted by Gasteiger charge is -2.37. The first-order valence-corrected chi connectivity index (χ1v) is 7.90. The first-order valence-electron chi connectivity index (χ1n) is 7.90. The lowest BCUT2D eigenvalue weighted by atomic mass is 10.2. The van der Waals surface area contributed by atoms with Gasteiger partial charge in [-0.2, -0.15) is 4.98 Å². The van der Waals surface area contributed by atoms with E-state index in [0.29, 0.717) is 5.92 Å². The maximum Gasteiger partial charge on any atom is 0.243 e. The maximum atomic E-state index is 5.45. The van der Waals surface area contributed by atoms with Crippen molar-refractivity contribution in [1.29, 1.82) is 0 Å². The van der Waals surface area contributed by atoms with E-state index >= 15 is 0 Å². The molecule has 7 nitrogen and oxygen atoms in total. The van der Waals surface area contributed by atoms with Crippen LogP contribution in [0.4, 0.5) is 5.82 Å². The largest absolute Gasteiger partial charge is 0.353 e. The van der Waals surface area contributed by atoms with Crippen LogP contribution >= 0.6 is 0 Å². The molecule has 0 aromatic carbocycles. The van der Waals surface area contributed by atoms with Gasteiger partial charge in [-0.3, -0.25) is 9.88 Å². The van der Waals surface area contributed by atoms with E-state index in [1.807, 2.05) is 6.20 Å². The molecule has 0 N–H and O–H groups in total. The van der Waals surface area contributed by atoms with E-state index < -0.39 is 0 Å². The van der Waals surface area contributed by atoms with Gasteiger partial charge in [0, 0.05) is 44.5 Å². The fourth-order valence-electron chi connectivity index (χ4n) is 2.87. The Kier molecular flexibility index (Phi) is 3.49. The van der Waals surface area contributed by atoms with Gasteiger partial charge < -0.3 is 9.42 Å². The Hall–Kier alpha value is -2.02. The van der Waals surface area contributed by atoms with Crippen molar-refractivity contribution in [2.24, 2.45) is 0 Å². The number of anilines is 1. The summed E-state index contributed by atoms with van der Waals surface area (Å²) in [6, 6.07) is 0.170. The Morgan fingerprint density at radius 3 is 2.68 bits per heavy atom. The summed E-state index contributed by atoms with van der Waals surface area (Å²) in [6.07, 6.45) is 7.66. The molecule has 2 aliphatic rings. The van der Waals surface area contributed by atoms with Gasteiger partial charge in [0.05, 0.1) is 12.2 Å². The lowest BCUT2D eigenvalue weighted by molar-refractivity contribution is 0.164. The Bertz CT molecular complexity index is 618. The molecule has 1 aliphatic heterocycles. The van der Waals surface area contributed by atoms with Gasteiger partial charge in [-0.15, -0.1) is 0 Å². The molecule has 3 heterocycles. The van der Waals surface area contributed by atoms with Gasteiger partial charge in [0.25, 0.3) is 0 Å². The van der Waals surface area contributed by atoms with Crippen molar-refractivity contribution >= 4 is 5.82 Å². The van der Waals surface area contributed by atoms with Crippen molar-refractivity contribution in [2.45, 2.75) is 31.7 Å². The minimum absolute atomic E-state index is 0.170. The predicted octanol–water partition coefficient (Wildman–Crippen LogP) is 1.62. The van der Waals surface area contributed by atoms with E-state index in [1.165, 1.54) is 12.8 Å². The molecule has 1 atom stereocenters. The second kappa shape index (κ2) is 5.64. The SMILES string of the molecule is CC(c1nc(C2CC2)no1)N1CCN(c2cnccn2)CC1. The standard InChI is InChI=1S/C15H20N6O/c1-11(15-18-14(19-22-15)12-2-3-12)20-6-8-21(9-7-20)13-10-16-4-5-17-13/h4-5,10-12H,2-3,6-9H2,1H3. The lowest BCUT2D eigenvalue weighted by Crippen LogP contribution is -2.47. The van der Waals surface area contributed by atoms with Gasteiger partial charge in [0.15, 0.2) is 5.82 Å². The molecule has 7 heteroatoms. The fourth-order valence-corrected chi connectivity index (χ4v) is 2.87. The highest BCUT2D eigenvalue weighted by atomic mass is 16.5. The van der Waals surface area contributed by atoms with Crippen LogP contribution in [0.25, 0.3) is 0 Å². The predicted molar refractivity (Wildman–Crippen MR) is 80.5 cm³/mol. The van der Waals surface area contributed by atoms with E-state index in [4.69, 9.17) is 4.52 Å². The fraction of sp³-hybridized carbons (Fsp3) is 0.600. The second-order valence-electron chi connectivity index (χ2n) is 6.03. The molecule has 1 unspecified atom stereocenters. The van der Waals surface area contributed by atoms with Crippen molar-refractivity contribution in [3.8, 4) is 0 Å². The van der Waals surface area contributed by atoms with Crippen LogP contribution in [0.5, 0.6) is 0 Å². The molecule has 4 rings (SSSR count). The number of piperazine rings is 1. The molecule has 116 valence electrons. The number of hydrogen-bond donors (Lipinski definition) is 0. The molecule has 1 saturated heterocycles. The summed E-state index contributed by atoms with van der Waals surface area (Å²) < 4.78 is 5.45. The summed E-state index contributed by atoms with van der Waals surface area (Å²) >= 11 is 0. The van der Waals surface area contributed by atoms with E-state index in [9.17, 15) is 0 Å². The maximum absolute atomic E-state index is 5.45. The van der Waals surface area contributed by atoms with Crippen LogP contribution in [0.3, 0.4) is 0 Å². The summed E-state index contributed by atoms with van der Waals surface area (Å²) in [5.41, 5.74) is 0. The average molecular weight is 300 g/mol. The molecule has 1 saturated carbocycles. The quantitative estimate of drug-likeness (QED) is 0.849. The average Bonchev–Trinajstić information content (AvgIpc) is 3.32. The molecule has 0 amide bonds. The van der Waals surface area contributed by atoms with E-state index in [2.05, 4.69) is 36.8 Å². The van der Waals surface area contributed by atoms with Crippen LogP contribution in [-0.4, -0.2) is 51.2 Å². The molecular formula is C15H20N6O. The Balaban J connectivity index is 1.38. The van der Waals surface area contributed by atoms with Gasteiger partial charge >= 0.3 is 0 Å². The summed E-state index contributed by atoms with van der Waals surface area (Å²) in [5, 5.41) is 4.12. The number of aromatic nitrogens is 4. The monoisotopic (exact) mass is 300 g/mol. The number of hydrogen-bond acceptors (Lipinski definition) is 7. The summed E-state index contributed by atoms with van der Waals surface area (Å²) in [6.45, 7) is 5.93. The van der Waals surface area contributed by atoms with E-state index in [0.717, 1.165) is 43.7 Å². The molecule has 0 spiro atoms. The third-order valence-corrected chi connectivity index (χ3v) is 4.49. The van der Waals surface area contributed by atoms with Crippen molar-refractivity contribution in [2.75, 3.05) is 31.1 Å². The van der Waals surface area contributed by atoms with Gasteiger partial charge in [0.2, 0.25) is 5.89 Å². The topological polar surface area (TPSA) is 71.2 Å². The van der Waals surface area contributed by atoms with Gasteiger partial charge in [0.1, 0.15) is 5.82 Å². The van der Waals surface area contributed by atoms with Crippen molar-refractivity contribution in [3.63, 3.8) is 0 Å². The van der Waals surface area contributed by atoms with Crippen LogP contribution in [0, 0.1) is 0 Å². The van der Waals surface area contributed by atoms with E-state index in [1.54, 1.807) is 12.4 Å². The third-order valence-electron chi connectivity index (χ3n) is 4.49. The molecule has 2 aromatic heterocycles. The summed E-state index contributed by atoms with van der Waals surface area (Å²) in [5.74, 6) is 3.12. The minimum Gasteiger partial charge on any atom is -0.353 e. The molecular weight excluding hydrogens is 280 g/mol. The normalized spacial score (nSPS) is 21.0. The van der Waals surface area contributed by atoms with Crippen LogP contribution in [-0.2, 0) is 0 Å². The molecule has 22 heavy (non-hydrogen) atoms. The highest BCUT2D eigenvalue weighted by molar-refractivity contribution is 5.35. The Labute approximate surface area is 129 Å². The second-order valence-corrected chi connectivity index (χ2v) is 6.03. The van der Waals surface area contributed by atoms with Crippen molar-refractivity contribution in [3.05, 3.63) is 30.3 Å². The van der Waals surface area contributed by atoms with Crippen LogP contribution in [0.1, 0.15) is 43.4 Å². The van der Waals surface area contributed by atoms with Gasteiger partial charge in [-0.05, 0) is 19.8 Å². The molecule has 2 aromatic rings. The summed E-state index contributed by atoms with van der Waals surface area (Å²) in [7, 11) is 0. The zero-order valence-corrected chi connectivity index (χ0v) is 12.7. The highest BCUT2D eigenvalue weighted by Crippen LogP contribution is 2.38. The third kappa shape index (κ3) is 2.68. The zero-order chi connectivity index (χ0) is 14.9. The highest BCUT2D eigenvalue weighted by Gasteiger charge is 2.31. The minimum atomic E-state index is 0.170.